The molecular weight excluding hydrogens is 422 g/mol. The van der Waals surface area contributed by atoms with Gasteiger partial charge < -0.3 is 14.8 Å². The van der Waals surface area contributed by atoms with E-state index in [1.165, 1.54) is 23.3 Å². The zero-order chi connectivity index (χ0) is 22.9. The summed E-state index contributed by atoms with van der Waals surface area (Å²) in [5, 5.41) is 2.83. The minimum absolute atomic E-state index is 0.0236. The average molecular weight is 450 g/mol. The van der Waals surface area contributed by atoms with Crippen molar-refractivity contribution in [2.24, 2.45) is 0 Å². The monoisotopic (exact) mass is 449 g/mol. The van der Waals surface area contributed by atoms with E-state index in [0.717, 1.165) is 34.5 Å². The molecule has 5 nitrogen and oxygen atoms in total. The van der Waals surface area contributed by atoms with Gasteiger partial charge >= 0.3 is 0 Å². The quantitative estimate of drug-likeness (QED) is 0.308. The lowest BCUT2D eigenvalue weighted by molar-refractivity contribution is -0.118. The number of rotatable bonds is 10. The molecule has 1 amide bonds. The molecule has 6 heteroatoms. The number of hydrogen-bond acceptors (Lipinski definition) is 5. The van der Waals surface area contributed by atoms with Crippen LogP contribution in [0.15, 0.2) is 60.7 Å². The van der Waals surface area contributed by atoms with Crippen LogP contribution in [-0.4, -0.2) is 25.4 Å². The molecule has 1 heterocycles. The van der Waals surface area contributed by atoms with Gasteiger partial charge in [0.1, 0.15) is 0 Å². The smallest absolute Gasteiger partial charge is 0.262 e. The second-order valence-electron chi connectivity index (χ2n) is 7.28. The SMILES string of the molecule is CCCc1ccc(C(=O)/C=C/c2ccc(OCC(=O)Nc3ccccc3C)c(OC)c2)s1. The van der Waals surface area contributed by atoms with Crippen LogP contribution in [-0.2, 0) is 11.2 Å². The molecule has 3 rings (SSSR count). The largest absolute Gasteiger partial charge is 0.493 e. The summed E-state index contributed by atoms with van der Waals surface area (Å²) in [4.78, 5) is 26.6. The van der Waals surface area contributed by atoms with Crippen molar-refractivity contribution >= 4 is 34.8 Å². The number of anilines is 1. The minimum atomic E-state index is -0.255. The Hall–Kier alpha value is -3.38. The first-order chi connectivity index (χ1) is 15.5. The van der Waals surface area contributed by atoms with Gasteiger partial charge in [-0.05, 0) is 60.9 Å². The first-order valence-corrected chi connectivity index (χ1v) is 11.3. The van der Waals surface area contributed by atoms with E-state index in [2.05, 4.69) is 12.2 Å². The summed E-state index contributed by atoms with van der Waals surface area (Å²) in [6.45, 7) is 3.91. The van der Waals surface area contributed by atoms with Gasteiger partial charge in [0.05, 0.1) is 12.0 Å². The predicted molar refractivity (Wildman–Crippen MR) is 130 cm³/mol. The number of carbonyl (C=O) groups excluding carboxylic acids is 2. The molecule has 0 spiro atoms. The summed E-state index contributed by atoms with van der Waals surface area (Å²) < 4.78 is 11.1. The Labute approximate surface area is 192 Å². The average Bonchev–Trinajstić information content (AvgIpc) is 3.27. The van der Waals surface area contributed by atoms with Crippen molar-refractivity contribution in [1.82, 2.24) is 0 Å². The second-order valence-corrected chi connectivity index (χ2v) is 8.44. The molecule has 0 atom stereocenters. The van der Waals surface area contributed by atoms with Crippen LogP contribution >= 0.6 is 11.3 Å². The lowest BCUT2D eigenvalue weighted by Crippen LogP contribution is -2.20. The summed E-state index contributed by atoms with van der Waals surface area (Å²) >= 11 is 1.54. The van der Waals surface area contributed by atoms with Crippen molar-refractivity contribution in [1.29, 1.82) is 0 Å². The Morgan fingerprint density at radius 1 is 1.06 bits per heavy atom. The van der Waals surface area contributed by atoms with E-state index < -0.39 is 0 Å². The molecule has 3 aromatic rings. The standard InChI is InChI=1S/C26H27NO4S/c1-4-7-20-12-15-25(32-20)22(28)13-10-19-11-14-23(24(16-19)30-3)31-17-26(29)27-21-9-6-5-8-18(21)2/h5-6,8-16H,4,7,17H2,1-3H3,(H,27,29)/b13-10+. The van der Waals surface area contributed by atoms with E-state index >= 15 is 0 Å². The number of hydrogen-bond donors (Lipinski definition) is 1. The molecule has 1 aromatic heterocycles. The number of nitrogens with one attached hydrogen (secondary N) is 1. The topological polar surface area (TPSA) is 64.6 Å². The molecule has 0 saturated carbocycles. The van der Waals surface area contributed by atoms with Gasteiger partial charge in [-0.25, -0.2) is 0 Å². The number of ether oxygens (including phenoxy) is 2. The van der Waals surface area contributed by atoms with Gasteiger partial charge in [-0.2, -0.15) is 0 Å². The van der Waals surface area contributed by atoms with Crippen LogP contribution < -0.4 is 14.8 Å². The zero-order valence-electron chi connectivity index (χ0n) is 18.5. The van der Waals surface area contributed by atoms with E-state index in [1.54, 1.807) is 24.3 Å². The number of ketones is 1. The fourth-order valence-corrected chi connectivity index (χ4v) is 4.12. The van der Waals surface area contributed by atoms with Crippen LogP contribution in [0.4, 0.5) is 5.69 Å². The van der Waals surface area contributed by atoms with Gasteiger partial charge in [-0.15, -0.1) is 11.3 Å². The molecule has 0 aliphatic rings. The molecule has 1 N–H and O–H groups in total. The van der Waals surface area contributed by atoms with Crippen LogP contribution in [0.3, 0.4) is 0 Å². The van der Waals surface area contributed by atoms with Crippen molar-refractivity contribution in [3.05, 3.63) is 81.6 Å². The number of methoxy groups -OCH3 is 1. The van der Waals surface area contributed by atoms with Crippen LogP contribution in [0.1, 0.15) is 39.0 Å². The van der Waals surface area contributed by atoms with Crippen LogP contribution in [0, 0.1) is 6.92 Å². The Balaban J connectivity index is 1.61. The third kappa shape index (κ3) is 6.31. The molecule has 0 radical (unpaired) electrons. The maximum Gasteiger partial charge on any atom is 0.262 e. The summed E-state index contributed by atoms with van der Waals surface area (Å²) in [7, 11) is 1.54. The molecule has 0 aliphatic carbocycles. The molecule has 0 unspecified atom stereocenters. The lowest BCUT2D eigenvalue weighted by Gasteiger charge is -2.12. The molecule has 2 aromatic carbocycles. The first kappa shape index (κ1) is 23.3. The molecule has 0 aliphatic heterocycles. The van der Waals surface area contributed by atoms with E-state index in [0.29, 0.717) is 11.5 Å². The van der Waals surface area contributed by atoms with Crippen molar-refractivity contribution in [3.8, 4) is 11.5 Å². The Morgan fingerprint density at radius 2 is 1.88 bits per heavy atom. The minimum Gasteiger partial charge on any atom is -0.493 e. The van der Waals surface area contributed by atoms with Crippen molar-refractivity contribution in [2.75, 3.05) is 19.0 Å². The lowest BCUT2D eigenvalue weighted by atomic mass is 10.1. The highest BCUT2D eigenvalue weighted by molar-refractivity contribution is 7.14. The molecule has 0 saturated heterocycles. The fraction of sp³-hybridized carbons (Fsp3) is 0.231. The van der Waals surface area contributed by atoms with Gasteiger partial charge in [0.2, 0.25) is 0 Å². The molecule has 166 valence electrons. The number of thiophene rings is 1. The predicted octanol–water partition coefficient (Wildman–Crippen LogP) is 5.93. The highest BCUT2D eigenvalue weighted by Gasteiger charge is 2.10. The van der Waals surface area contributed by atoms with Gasteiger partial charge in [0.25, 0.3) is 5.91 Å². The van der Waals surface area contributed by atoms with Crippen molar-refractivity contribution < 1.29 is 19.1 Å². The summed E-state index contributed by atoms with van der Waals surface area (Å²) in [5.41, 5.74) is 2.54. The first-order valence-electron chi connectivity index (χ1n) is 10.5. The number of amides is 1. The normalized spacial score (nSPS) is 10.8. The number of allylic oxidation sites excluding steroid dienone is 1. The molecular formula is C26H27NO4S. The van der Waals surface area contributed by atoms with Crippen LogP contribution in [0.25, 0.3) is 6.08 Å². The number of benzene rings is 2. The Kier molecular flexibility index (Phi) is 8.22. The molecule has 0 bridgehead atoms. The van der Waals surface area contributed by atoms with Crippen LogP contribution in [0.5, 0.6) is 11.5 Å². The van der Waals surface area contributed by atoms with Crippen LogP contribution in [0.2, 0.25) is 0 Å². The third-order valence-electron chi connectivity index (χ3n) is 4.79. The van der Waals surface area contributed by atoms with Gasteiger partial charge in [-0.1, -0.05) is 43.7 Å². The fourth-order valence-electron chi connectivity index (χ4n) is 3.09. The Bertz CT molecular complexity index is 1120. The molecule has 32 heavy (non-hydrogen) atoms. The summed E-state index contributed by atoms with van der Waals surface area (Å²) in [6, 6.07) is 16.8. The second kappa shape index (κ2) is 11.3. The van der Waals surface area contributed by atoms with E-state index in [9.17, 15) is 9.59 Å². The number of carbonyl (C=O) groups is 2. The number of aryl methyl sites for hydroxylation is 2. The summed E-state index contributed by atoms with van der Waals surface area (Å²) in [5.74, 6) is 0.668. The highest BCUT2D eigenvalue weighted by Crippen LogP contribution is 2.29. The van der Waals surface area contributed by atoms with E-state index in [4.69, 9.17) is 9.47 Å². The molecule has 0 fully saturated rings. The van der Waals surface area contributed by atoms with Crippen molar-refractivity contribution in [2.45, 2.75) is 26.7 Å². The zero-order valence-corrected chi connectivity index (χ0v) is 19.3. The van der Waals surface area contributed by atoms with Gasteiger partial charge in [0, 0.05) is 10.6 Å². The summed E-state index contributed by atoms with van der Waals surface area (Å²) in [6.07, 6.45) is 5.36. The maximum atomic E-state index is 12.4. The third-order valence-corrected chi connectivity index (χ3v) is 5.95. The Morgan fingerprint density at radius 3 is 2.62 bits per heavy atom. The van der Waals surface area contributed by atoms with Crippen molar-refractivity contribution in [3.63, 3.8) is 0 Å². The van der Waals surface area contributed by atoms with E-state index in [-0.39, 0.29) is 18.3 Å². The highest BCUT2D eigenvalue weighted by atomic mass is 32.1. The maximum absolute atomic E-state index is 12.4. The van der Waals surface area contributed by atoms with E-state index in [1.807, 2.05) is 49.4 Å². The number of para-hydroxylation sites is 1. The van der Waals surface area contributed by atoms with Gasteiger partial charge in [-0.3, -0.25) is 9.59 Å². The van der Waals surface area contributed by atoms with Gasteiger partial charge in [0.15, 0.2) is 23.9 Å².